The van der Waals surface area contributed by atoms with Crippen LogP contribution in [0.3, 0.4) is 0 Å². The van der Waals surface area contributed by atoms with Crippen LogP contribution in [0.25, 0.3) is 10.2 Å². The van der Waals surface area contributed by atoms with Crippen molar-refractivity contribution in [1.82, 2.24) is 15.2 Å². The van der Waals surface area contributed by atoms with E-state index in [2.05, 4.69) is 15.6 Å². The highest BCUT2D eigenvalue weighted by molar-refractivity contribution is 8.01. The van der Waals surface area contributed by atoms with E-state index >= 15 is 0 Å². The van der Waals surface area contributed by atoms with Crippen molar-refractivity contribution in [2.75, 3.05) is 18.4 Å². The Morgan fingerprint density at radius 1 is 1.00 bits per heavy atom. The molecule has 2 aromatic heterocycles. The maximum absolute atomic E-state index is 13.9. The molecule has 0 unspecified atom stereocenters. The molecule has 0 saturated carbocycles. The standard InChI is InChI=1S/C28H30N4O5S2.C2HF3O2/c1-15-5-8-20-18(13-15)19(33)14-28(39-20)9-11-32(12-10-28)24(34)21-17-7-6-16(2)29-22(17)38-23(21)30-26(37)31-27(3,4)25(35)36;3-2(4,5)1(6)7/h5-8,13H,9-12,14H2,1-4H3,(H,35,36)(H2,30,31,37);(H,6,7). The molecule has 1 aromatic carbocycles. The number of fused-ring (bicyclic) bond motifs is 2. The van der Waals surface area contributed by atoms with E-state index < -0.39 is 29.7 Å². The van der Waals surface area contributed by atoms with Crippen molar-refractivity contribution in [1.29, 1.82) is 0 Å². The summed E-state index contributed by atoms with van der Waals surface area (Å²) >= 11 is 2.93. The minimum Gasteiger partial charge on any atom is -0.480 e. The van der Waals surface area contributed by atoms with Gasteiger partial charge in [0.2, 0.25) is 0 Å². The van der Waals surface area contributed by atoms with Gasteiger partial charge in [0.1, 0.15) is 15.4 Å². The molecule has 1 spiro atoms. The molecule has 246 valence electrons. The lowest BCUT2D eigenvalue weighted by Crippen LogP contribution is -2.51. The molecule has 0 bridgehead atoms. The number of hydrogen-bond acceptors (Lipinski definition) is 8. The first-order chi connectivity index (χ1) is 21.3. The number of amides is 3. The fourth-order valence-electron chi connectivity index (χ4n) is 5.01. The number of pyridine rings is 1. The lowest BCUT2D eigenvalue weighted by Gasteiger charge is -2.43. The third-order valence-electron chi connectivity index (χ3n) is 7.55. The van der Waals surface area contributed by atoms with Crippen molar-refractivity contribution < 1.29 is 47.4 Å². The number of Topliss-reactive ketones (excluding diaryl/α,β-unsaturated/α-hetero) is 1. The Balaban J connectivity index is 0.000000617. The molecule has 4 heterocycles. The zero-order chi connectivity index (χ0) is 34.2. The van der Waals surface area contributed by atoms with Crippen LogP contribution in [0.15, 0.2) is 35.2 Å². The zero-order valence-corrected chi connectivity index (χ0v) is 26.8. The van der Waals surface area contributed by atoms with Crippen LogP contribution in [0.2, 0.25) is 0 Å². The van der Waals surface area contributed by atoms with Crippen LogP contribution >= 0.6 is 23.1 Å². The van der Waals surface area contributed by atoms with Crippen LogP contribution < -0.4 is 10.6 Å². The molecule has 1 saturated heterocycles. The van der Waals surface area contributed by atoms with Crippen LogP contribution in [0.1, 0.15) is 65.1 Å². The van der Waals surface area contributed by atoms with Gasteiger partial charge in [-0.15, -0.1) is 11.8 Å². The van der Waals surface area contributed by atoms with Crippen molar-refractivity contribution in [3.63, 3.8) is 0 Å². The molecule has 0 radical (unpaired) electrons. The molecule has 46 heavy (non-hydrogen) atoms. The molecule has 11 nitrogen and oxygen atoms in total. The van der Waals surface area contributed by atoms with Crippen molar-refractivity contribution in [3.8, 4) is 0 Å². The Bertz CT molecular complexity index is 1730. The minimum atomic E-state index is -5.08. The number of ketones is 1. The molecular weight excluding hydrogens is 649 g/mol. The molecule has 5 rings (SSSR count). The van der Waals surface area contributed by atoms with Gasteiger partial charge in [-0.05, 0) is 64.8 Å². The number of anilines is 1. The lowest BCUT2D eigenvalue weighted by atomic mass is 9.87. The fourth-order valence-corrected chi connectivity index (χ4v) is 7.59. The first kappa shape index (κ1) is 34.7. The van der Waals surface area contributed by atoms with Crippen molar-refractivity contribution in [2.45, 2.75) is 68.3 Å². The van der Waals surface area contributed by atoms with Gasteiger partial charge in [-0.3, -0.25) is 14.9 Å². The maximum Gasteiger partial charge on any atom is 0.490 e. The second kappa shape index (κ2) is 12.9. The number of benzene rings is 1. The maximum atomic E-state index is 13.9. The number of nitrogens with one attached hydrogen (secondary N) is 2. The molecule has 3 aromatic rings. The highest BCUT2D eigenvalue weighted by atomic mass is 32.2. The summed E-state index contributed by atoms with van der Waals surface area (Å²) in [6.45, 7) is 7.56. The summed E-state index contributed by atoms with van der Waals surface area (Å²) < 4.78 is 31.5. The summed E-state index contributed by atoms with van der Waals surface area (Å²) in [5.41, 5.74) is 1.48. The van der Waals surface area contributed by atoms with Crippen molar-refractivity contribution >= 4 is 68.0 Å². The summed E-state index contributed by atoms with van der Waals surface area (Å²) in [5, 5.41) is 22.6. The number of aryl methyl sites for hydroxylation is 2. The number of nitrogens with zero attached hydrogens (tertiary/aromatic N) is 2. The van der Waals surface area contributed by atoms with Crippen LogP contribution in [-0.4, -0.2) is 79.3 Å². The topological polar surface area (TPSA) is 166 Å². The Labute approximate surface area is 269 Å². The van der Waals surface area contributed by atoms with Gasteiger partial charge in [-0.25, -0.2) is 19.4 Å². The summed E-state index contributed by atoms with van der Waals surface area (Å²) in [7, 11) is 0. The van der Waals surface area contributed by atoms with Gasteiger partial charge in [0.15, 0.2) is 5.78 Å². The van der Waals surface area contributed by atoms with Gasteiger partial charge in [-0.1, -0.05) is 23.0 Å². The predicted molar refractivity (Wildman–Crippen MR) is 166 cm³/mol. The number of thioether (sulfide) groups is 1. The van der Waals surface area contributed by atoms with Gasteiger partial charge in [0.05, 0.1) is 5.56 Å². The molecule has 2 aliphatic rings. The summed E-state index contributed by atoms with van der Waals surface area (Å²) in [6.07, 6.45) is -3.27. The largest absolute Gasteiger partial charge is 0.490 e. The number of rotatable bonds is 4. The molecule has 3 amide bonds. The van der Waals surface area contributed by atoms with E-state index in [0.29, 0.717) is 53.1 Å². The zero-order valence-electron chi connectivity index (χ0n) is 25.2. The predicted octanol–water partition coefficient (Wildman–Crippen LogP) is 5.88. The Morgan fingerprint density at radius 2 is 1.63 bits per heavy atom. The van der Waals surface area contributed by atoms with Crippen LogP contribution in [0, 0.1) is 13.8 Å². The number of carboxylic acids is 2. The Morgan fingerprint density at radius 3 is 2.22 bits per heavy atom. The lowest BCUT2D eigenvalue weighted by molar-refractivity contribution is -0.192. The van der Waals surface area contributed by atoms with Gasteiger partial charge in [0, 0.05) is 45.8 Å². The highest BCUT2D eigenvalue weighted by Gasteiger charge is 2.43. The van der Waals surface area contributed by atoms with E-state index in [1.807, 2.05) is 44.2 Å². The summed E-state index contributed by atoms with van der Waals surface area (Å²) in [4.78, 5) is 67.9. The molecule has 0 atom stereocenters. The number of likely N-dealkylation sites (tertiary alicyclic amines) is 1. The average Bonchev–Trinajstić information content (AvgIpc) is 3.29. The van der Waals surface area contributed by atoms with Crippen LogP contribution in [0.5, 0.6) is 0 Å². The van der Waals surface area contributed by atoms with Gasteiger partial charge < -0.3 is 20.4 Å². The second-order valence-corrected chi connectivity index (χ2v) is 14.1. The van der Waals surface area contributed by atoms with Gasteiger partial charge in [0.25, 0.3) is 5.91 Å². The number of aromatic nitrogens is 1. The monoisotopic (exact) mass is 680 g/mol. The number of aliphatic carboxylic acids is 2. The van der Waals surface area contributed by atoms with Crippen molar-refractivity contribution in [3.05, 3.63) is 52.7 Å². The molecule has 2 aliphatic heterocycles. The van der Waals surface area contributed by atoms with E-state index in [9.17, 15) is 37.5 Å². The number of alkyl halides is 3. The number of urea groups is 1. The Kier molecular flexibility index (Phi) is 9.73. The molecule has 4 N–H and O–H groups in total. The number of halogens is 3. The summed E-state index contributed by atoms with van der Waals surface area (Å²) in [6, 6.07) is 8.92. The fraction of sp³-hybridized carbons (Fsp3) is 0.400. The number of carbonyl (C=O) groups excluding carboxylic acids is 3. The molecule has 1 fully saturated rings. The quantitative estimate of drug-likeness (QED) is 0.263. The van der Waals surface area contributed by atoms with E-state index in [1.54, 1.807) is 16.7 Å². The smallest absolute Gasteiger partial charge is 0.480 e. The van der Waals surface area contributed by atoms with Gasteiger partial charge >= 0.3 is 24.1 Å². The van der Waals surface area contributed by atoms with Gasteiger partial charge in [-0.2, -0.15) is 13.2 Å². The SMILES string of the molecule is Cc1ccc2c(c1)C(=O)CC1(CCN(C(=O)c3c(NC(=O)NC(C)(C)C(=O)O)sc4nc(C)ccc34)CC1)S2.O=C(O)C(F)(F)F. The first-order valence-electron chi connectivity index (χ1n) is 14.0. The first-order valence-corrected chi connectivity index (χ1v) is 15.6. The number of hydrogen-bond donors (Lipinski definition) is 4. The molecule has 16 heteroatoms. The van der Waals surface area contributed by atoms with Crippen molar-refractivity contribution in [2.24, 2.45) is 0 Å². The minimum absolute atomic E-state index is 0.152. The highest BCUT2D eigenvalue weighted by Crippen LogP contribution is 2.49. The average molecular weight is 681 g/mol. The van der Waals surface area contributed by atoms with Crippen LogP contribution in [0.4, 0.5) is 23.0 Å². The number of carbonyl (C=O) groups is 5. The van der Waals surface area contributed by atoms with E-state index in [4.69, 9.17) is 9.90 Å². The normalized spacial score (nSPS) is 15.9. The van der Waals surface area contributed by atoms with E-state index in [0.717, 1.165) is 21.7 Å². The number of piperidine rings is 1. The summed E-state index contributed by atoms with van der Waals surface area (Å²) in [5.74, 6) is -4.01. The number of carboxylic acid groups (broad SMARTS) is 2. The van der Waals surface area contributed by atoms with E-state index in [1.165, 1.54) is 25.2 Å². The number of thiophene rings is 1. The third kappa shape index (κ3) is 7.61. The molecule has 0 aliphatic carbocycles. The Hall–Kier alpha value is -4.18. The second-order valence-electron chi connectivity index (χ2n) is 11.6. The third-order valence-corrected chi connectivity index (χ3v) is 10.1. The van der Waals surface area contributed by atoms with Crippen LogP contribution in [-0.2, 0) is 9.59 Å². The molecular formula is C30H31F3N4O7S2. The van der Waals surface area contributed by atoms with E-state index in [-0.39, 0.29) is 16.4 Å².